The lowest BCUT2D eigenvalue weighted by molar-refractivity contribution is 0.212. The maximum Gasteiger partial charge on any atom is 0.106 e. The summed E-state index contributed by atoms with van der Waals surface area (Å²) in [6.07, 6.45) is -1.39. The second kappa shape index (κ2) is 6.42. The molecule has 5 heteroatoms. The Balaban J connectivity index is 1.99. The Morgan fingerprint density at radius 1 is 0.810 bits per heavy atom. The van der Waals surface area contributed by atoms with Gasteiger partial charge in [-0.05, 0) is 55.9 Å². The fraction of sp³-hybridized carbons (Fsp3) is 0.125. The van der Waals surface area contributed by atoms with Crippen LogP contribution in [0.5, 0.6) is 0 Å². The number of benzene rings is 1. The Kier molecular flexibility index (Phi) is 4.57. The first-order chi connectivity index (χ1) is 10.2. The van der Waals surface area contributed by atoms with Gasteiger partial charge in [0, 0.05) is 4.47 Å². The van der Waals surface area contributed by atoms with Gasteiger partial charge in [-0.25, -0.2) is 0 Å². The van der Waals surface area contributed by atoms with E-state index in [1.54, 1.807) is 22.7 Å². The minimum Gasteiger partial charge on any atom is -0.384 e. The van der Waals surface area contributed by atoms with Gasteiger partial charge in [-0.15, -0.1) is 0 Å². The molecule has 0 spiro atoms. The lowest BCUT2D eigenvalue weighted by Gasteiger charge is -2.17. The zero-order valence-electron chi connectivity index (χ0n) is 10.9. The summed E-state index contributed by atoms with van der Waals surface area (Å²) in [6, 6.07) is 9.42. The molecular weight excluding hydrogens is 368 g/mol. The van der Waals surface area contributed by atoms with Gasteiger partial charge >= 0.3 is 0 Å². The second-order valence-corrected chi connectivity index (χ2v) is 7.02. The van der Waals surface area contributed by atoms with E-state index in [0.717, 1.165) is 26.7 Å². The van der Waals surface area contributed by atoms with E-state index in [2.05, 4.69) is 15.9 Å². The van der Waals surface area contributed by atoms with Gasteiger partial charge in [0.25, 0.3) is 0 Å². The number of hydrogen-bond donors (Lipinski definition) is 2. The Bertz CT molecular complexity index is 649. The minimum absolute atomic E-state index is 0.694. The smallest absolute Gasteiger partial charge is 0.106 e. The van der Waals surface area contributed by atoms with Crippen LogP contribution in [0.3, 0.4) is 0 Å². The summed E-state index contributed by atoms with van der Waals surface area (Å²) in [6.45, 7) is 0. The fourth-order valence-corrected chi connectivity index (χ4v) is 4.27. The number of hydrogen-bond acceptors (Lipinski definition) is 4. The van der Waals surface area contributed by atoms with Crippen molar-refractivity contribution in [3.05, 3.63) is 78.6 Å². The minimum atomic E-state index is -0.694. The predicted molar refractivity (Wildman–Crippen MR) is 90.9 cm³/mol. The van der Waals surface area contributed by atoms with E-state index in [0.29, 0.717) is 0 Å². The molecule has 2 unspecified atom stereocenters. The molecular formula is C16H13BrO2S2. The van der Waals surface area contributed by atoms with Crippen molar-refractivity contribution < 1.29 is 10.2 Å². The molecule has 0 bridgehead atoms. The first-order valence-electron chi connectivity index (χ1n) is 6.37. The molecule has 3 rings (SSSR count). The van der Waals surface area contributed by atoms with Crippen LogP contribution in [0.1, 0.15) is 34.5 Å². The average molecular weight is 381 g/mol. The van der Waals surface area contributed by atoms with Crippen molar-refractivity contribution >= 4 is 38.6 Å². The molecule has 21 heavy (non-hydrogen) atoms. The molecule has 0 saturated heterocycles. The van der Waals surface area contributed by atoms with Crippen LogP contribution in [0.15, 0.2) is 56.3 Å². The van der Waals surface area contributed by atoms with Crippen LogP contribution >= 0.6 is 38.6 Å². The topological polar surface area (TPSA) is 40.5 Å². The van der Waals surface area contributed by atoms with Crippen molar-refractivity contribution in [1.29, 1.82) is 0 Å². The van der Waals surface area contributed by atoms with Crippen molar-refractivity contribution in [1.82, 2.24) is 0 Å². The summed E-state index contributed by atoms with van der Waals surface area (Å²) < 4.78 is 0.752. The van der Waals surface area contributed by atoms with Crippen molar-refractivity contribution in [3.8, 4) is 0 Å². The molecule has 2 atom stereocenters. The molecule has 3 aromatic rings. The summed E-state index contributed by atoms with van der Waals surface area (Å²) in [5.41, 5.74) is 3.26. The van der Waals surface area contributed by atoms with Gasteiger partial charge in [-0.1, -0.05) is 34.1 Å². The van der Waals surface area contributed by atoms with E-state index < -0.39 is 12.2 Å². The van der Waals surface area contributed by atoms with Crippen LogP contribution in [-0.2, 0) is 0 Å². The number of aliphatic hydroxyl groups excluding tert-OH is 2. The van der Waals surface area contributed by atoms with Crippen LogP contribution < -0.4 is 0 Å². The molecule has 0 amide bonds. The molecule has 0 aliphatic carbocycles. The van der Waals surface area contributed by atoms with Crippen molar-refractivity contribution in [3.63, 3.8) is 0 Å². The molecule has 0 radical (unpaired) electrons. The Morgan fingerprint density at radius 2 is 1.29 bits per heavy atom. The van der Waals surface area contributed by atoms with E-state index in [1.165, 1.54) is 0 Å². The molecule has 1 aromatic carbocycles. The standard InChI is InChI=1S/C16H13BrO2S2/c17-14-12(15(18)10-4-6-20-8-10)2-1-3-13(14)16(19)11-5-7-21-9-11/h1-9,15-16,18-19H. The van der Waals surface area contributed by atoms with Crippen molar-refractivity contribution in [2.24, 2.45) is 0 Å². The first-order valence-corrected chi connectivity index (χ1v) is 9.05. The summed E-state index contributed by atoms with van der Waals surface area (Å²) >= 11 is 6.65. The fourth-order valence-electron chi connectivity index (χ4n) is 2.21. The second-order valence-electron chi connectivity index (χ2n) is 4.67. The van der Waals surface area contributed by atoms with E-state index in [1.807, 2.05) is 51.9 Å². The van der Waals surface area contributed by atoms with Crippen LogP contribution in [-0.4, -0.2) is 10.2 Å². The summed E-state index contributed by atoms with van der Waals surface area (Å²) in [4.78, 5) is 0. The van der Waals surface area contributed by atoms with Gasteiger partial charge < -0.3 is 10.2 Å². The highest BCUT2D eigenvalue weighted by Crippen LogP contribution is 2.36. The SMILES string of the molecule is OC(c1ccsc1)c1cccc(C(O)c2ccsc2)c1Br. The van der Waals surface area contributed by atoms with Crippen LogP contribution in [0, 0.1) is 0 Å². The largest absolute Gasteiger partial charge is 0.384 e. The highest BCUT2D eigenvalue weighted by molar-refractivity contribution is 9.10. The normalized spacial score (nSPS) is 14.0. The quantitative estimate of drug-likeness (QED) is 0.686. The van der Waals surface area contributed by atoms with E-state index in [-0.39, 0.29) is 0 Å². The lowest BCUT2D eigenvalue weighted by atomic mass is 9.97. The molecule has 0 aliphatic rings. The monoisotopic (exact) mass is 380 g/mol. The Hall–Kier alpha value is -0.980. The van der Waals surface area contributed by atoms with Gasteiger partial charge in [0.15, 0.2) is 0 Å². The molecule has 108 valence electrons. The Labute approximate surface area is 139 Å². The molecule has 0 fully saturated rings. The maximum atomic E-state index is 10.5. The third kappa shape index (κ3) is 2.98. The van der Waals surface area contributed by atoms with Crippen LogP contribution in [0.25, 0.3) is 0 Å². The van der Waals surface area contributed by atoms with Gasteiger partial charge in [-0.2, -0.15) is 22.7 Å². The van der Waals surface area contributed by atoms with E-state index >= 15 is 0 Å². The molecule has 2 nitrogen and oxygen atoms in total. The third-order valence-electron chi connectivity index (χ3n) is 3.37. The molecule has 2 aromatic heterocycles. The van der Waals surface area contributed by atoms with Crippen molar-refractivity contribution in [2.75, 3.05) is 0 Å². The molecule has 2 N–H and O–H groups in total. The highest BCUT2D eigenvalue weighted by Gasteiger charge is 2.20. The zero-order valence-corrected chi connectivity index (χ0v) is 14.2. The van der Waals surface area contributed by atoms with Crippen LogP contribution in [0.4, 0.5) is 0 Å². The van der Waals surface area contributed by atoms with Gasteiger partial charge in [0.05, 0.1) is 0 Å². The number of rotatable bonds is 4. The third-order valence-corrected chi connectivity index (χ3v) is 5.68. The summed E-state index contributed by atoms with van der Waals surface area (Å²) in [5, 5.41) is 28.7. The Morgan fingerprint density at radius 3 is 1.67 bits per heavy atom. The summed E-state index contributed by atoms with van der Waals surface area (Å²) in [5.74, 6) is 0. The van der Waals surface area contributed by atoms with Gasteiger partial charge in [-0.3, -0.25) is 0 Å². The zero-order chi connectivity index (χ0) is 14.8. The number of thiophene rings is 2. The maximum absolute atomic E-state index is 10.5. The number of halogens is 1. The van der Waals surface area contributed by atoms with E-state index in [9.17, 15) is 10.2 Å². The molecule has 2 heterocycles. The van der Waals surface area contributed by atoms with E-state index in [4.69, 9.17) is 0 Å². The summed E-state index contributed by atoms with van der Waals surface area (Å²) in [7, 11) is 0. The van der Waals surface area contributed by atoms with Crippen LogP contribution in [0.2, 0.25) is 0 Å². The average Bonchev–Trinajstić information content (AvgIpc) is 3.19. The number of aliphatic hydroxyl groups is 2. The molecule has 0 aliphatic heterocycles. The highest BCUT2D eigenvalue weighted by atomic mass is 79.9. The predicted octanol–water partition coefficient (Wildman–Crippen LogP) is 4.74. The lowest BCUT2D eigenvalue weighted by Crippen LogP contribution is -2.05. The van der Waals surface area contributed by atoms with Gasteiger partial charge in [0.2, 0.25) is 0 Å². The van der Waals surface area contributed by atoms with Gasteiger partial charge in [0.1, 0.15) is 12.2 Å². The molecule has 0 saturated carbocycles. The first kappa shape index (κ1) is 14.9. The van der Waals surface area contributed by atoms with Crippen molar-refractivity contribution in [2.45, 2.75) is 12.2 Å².